The third kappa shape index (κ3) is 4.58. The summed E-state index contributed by atoms with van der Waals surface area (Å²) < 4.78 is 27.9. The first-order chi connectivity index (χ1) is 12.2. The first kappa shape index (κ1) is 20.3. The second kappa shape index (κ2) is 8.12. The summed E-state index contributed by atoms with van der Waals surface area (Å²) in [7, 11) is -3.59. The van der Waals surface area contributed by atoms with Crippen molar-refractivity contribution >= 4 is 21.4 Å². The number of benzene rings is 2. The molecule has 2 aromatic rings. The fourth-order valence-corrected chi connectivity index (χ4v) is 3.89. The molecule has 0 heterocycles. The van der Waals surface area contributed by atoms with E-state index in [0.717, 1.165) is 30.8 Å². The Morgan fingerprint density at radius 3 is 1.88 bits per heavy atom. The van der Waals surface area contributed by atoms with E-state index in [4.69, 9.17) is 0 Å². The molecule has 0 radical (unpaired) electrons. The van der Waals surface area contributed by atoms with Crippen molar-refractivity contribution in [2.45, 2.75) is 51.3 Å². The zero-order chi connectivity index (χ0) is 19.4. The summed E-state index contributed by atoms with van der Waals surface area (Å²) >= 11 is 0. The lowest BCUT2D eigenvalue weighted by molar-refractivity contribution is 0.506. The smallest absolute Gasteiger partial charge is 0.261 e. The van der Waals surface area contributed by atoms with E-state index in [9.17, 15) is 8.42 Å². The normalized spacial score (nSPS) is 12.0. The fourth-order valence-electron chi connectivity index (χ4n) is 2.83. The molecule has 1 N–H and O–H groups in total. The monoisotopic (exact) mass is 374 g/mol. The van der Waals surface area contributed by atoms with Crippen LogP contribution in [0.5, 0.6) is 0 Å². The Kier molecular flexibility index (Phi) is 6.34. The van der Waals surface area contributed by atoms with Gasteiger partial charge in [-0.15, -0.1) is 0 Å². The summed E-state index contributed by atoms with van der Waals surface area (Å²) in [6.45, 7) is 12.5. The summed E-state index contributed by atoms with van der Waals surface area (Å²) in [6, 6.07) is 14.7. The molecular formula is C21H30N2O2S. The van der Waals surface area contributed by atoms with Gasteiger partial charge in [0.2, 0.25) is 0 Å². The van der Waals surface area contributed by atoms with Crippen LogP contribution in [0.25, 0.3) is 0 Å². The molecule has 142 valence electrons. The molecule has 0 unspecified atom stereocenters. The molecule has 2 rings (SSSR count). The van der Waals surface area contributed by atoms with Gasteiger partial charge in [0.05, 0.1) is 4.90 Å². The van der Waals surface area contributed by atoms with Gasteiger partial charge in [0.25, 0.3) is 10.0 Å². The standard InChI is InChI=1S/C21H30N2O2S/c1-6-21(4,5)17-9-15-20(16-10-17)26(24,25)22-18-11-13-19(14-12-18)23(7-2)8-3/h9-16,22H,6-8H2,1-5H3. The maximum Gasteiger partial charge on any atom is 0.261 e. The lowest BCUT2D eigenvalue weighted by atomic mass is 9.82. The molecule has 0 atom stereocenters. The Labute approximate surface area is 158 Å². The van der Waals surface area contributed by atoms with Crippen molar-refractivity contribution in [2.75, 3.05) is 22.7 Å². The molecule has 4 nitrogen and oxygen atoms in total. The number of nitrogens with one attached hydrogen (secondary N) is 1. The second-order valence-corrected chi connectivity index (χ2v) is 8.77. The highest BCUT2D eigenvalue weighted by Gasteiger charge is 2.20. The Bertz CT molecular complexity index is 806. The van der Waals surface area contributed by atoms with Crippen LogP contribution in [-0.2, 0) is 15.4 Å². The number of sulfonamides is 1. The Hall–Kier alpha value is -2.01. The molecule has 0 spiro atoms. The van der Waals surface area contributed by atoms with Crippen LogP contribution in [0.15, 0.2) is 53.4 Å². The van der Waals surface area contributed by atoms with E-state index in [0.29, 0.717) is 5.69 Å². The summed E-state index contributed by atoms with van der Waals surface area (Å²) in [6.07, 6.45) is 0.996. The molecule has 0 aliphatic carbocycles. The van der Waals surface area contributed by atoms with Crippen molar-refractivity contribution in [2.24, 2.45) is 0 Å². The van der Waals surface area contributed by atoms with Crippen molar-refractivity contribution in [3.8, 4) is 0 Å². The third-order valence-corrected chi connectivity index (χ3v) is 6.48. The average Bonchev–Trinajstić information content (AvgIpc) is 2.64. The predicted molar refractivity (Wildman–Crippen MR) is 111 cm³/mol. The lowest BCUT2D eigenvalue weighted by Gasteiger charge is -2.23. The third-order valence-electron chi connectivity index (χ3n) is 5.08. The van der Waals surface area contributed by atoms with Crippen molar-refractivity contribution in [3.63, 3.8) is 0 Å². The molecule has 0 aliphatic rings. The van der Waals surface area contributed by atoms with Crippen LogP contribution in [-0.4, -0.2) is 21.5 Å². The largest absolute Gasteiger partial charge is 0.372 e. The van der Waals surface area contributed by atoms with E-state index in [2.05, 4.69) is 44.2 Å². The highest BCUT2D eigenvalue weighted by molar-refractivity contribution is 7.92. The van der Waals surface area contributed by atoms with Crippen LogP contribution in [0.1, 0.15) is 46.6 Å². The first-order valence-electron chi connectivity index (χ1n) is 9.22. The van der Waals surface area contributed by atoms with E-state index >= 15 is 0 Å². The number of nitrogens with zero attached hydrogens (tertiary/aromatic N) is 1. The number of anilines is 2. The van der Waals surface area contributed by atoms with Gasteiger partial charge in [-0.25, -0.2) is 8.42 Å². The molecule has 26 heavy (non-hydrogen) atoms. The molecule has 2 aromatic carbocycles. The molecule has 5 heteroatoms. The molecule has 0 bridgehead atoms. The van der Waals surface area contributed by atoms with Gasteiger partial charge in [-0.2, -0.15) is 0 Å². The van der Waals surface area contributed by atoms with Crippen LogP contribution < -0.4 is 9.62 Å². The van der Waals surface area contributed by atoms with Gasteiger partial charge < -0.3 is 4.90 Å². The zero-order valence-corrected chi connectivity index (χ0v) is 17.2. The van der Waals surface area contributed by atoms with Crippen molar-refractivity contribution in [1.82, 2.24) is 0 Å². The maximum atomic E-state index is 12.6. The van der Waals surface area contributed by atoms with Crippen LogP contribution in [0.3, 0.4) is 0 Å². The van der Waals surface area contributed by atoms with Crippen molar-refractivity contribution in [3.05, 3.63) is 54.1 Å². The summed E-state index contributed by atoms with van der Waals surface area (Å²) in [4.78, 5) is 2.49. The van der Waals surface area contributed by atoms with E-state index < -0.39 is 10.0 Å². The lowest BCUT2D eigenvalue weighted by Crippen LogP contribution is -2.21. The molecule has 0 aliphatic heterocycles. The Morgan fingerprint density at radius 1 is 0.885 bits per heavy atom. The van der Waals surface area contributed by atoms with E-state index in [1.165, 1.54) is 0 Å². The van der Waals surface area contributed by atoms with Gasteiger partial charge in [-0.1, -0.05) is 32.9 Å². The summed E-state index contributed by atoms with van der Waals surface area (Å²) in [5.41, 5.74) is 2.83. The van der Waals surface area contributed by atoms with E-state index in [1.807, 2.05) is 24.3 Å². The van der Waals surface area contributed by atoms with Gasteiger partial charge in [-0.3, -0.25) is 4.72 Å². The quantitative estimate of drug-likeness (QED) is 0.706. The Balaban J connectivity index is 2.18. The minimum atomic E-state index is -3.59. The average molecular weight is 375 g/mol. The van der Waals surface area contributed by atoms with Crippen LogP contribution >= 0.6 is 0 Å². The minimum absolute atomic E-state index is 0.0377. The highest BCUT2D eigenvalue weighted by atomic mass is 32.2. The first-order valence-corrected chi connectivity index (χ1v) is 10.7. The number of hydrogen-bond donors (Lipinski definition) is 1. The molecule has 0 saturated carbocycles. The molecule has 0 aromatic heterocycles. The zero-order valence-electron chi connectivity index (χ0n) is 16.4. The SMILES string of the molecule is CCN(CC)c1ccc(NS(=O)(=O)c2ccc(C(C)(C)CC)cc2)cc1. The van der Waals surface area contributed by atoms with Crippen LogP contribution in [0, 0.1) is 0 Å². The van der Waals surface area contributed by atoms with Gasteiger partial charge >= 0.3 is 0 Å². The van der Waals surface area contributed by atoms with Crippen LogP contribution in [0.2, 0.25) is 0 Å². The number of rotatable bonds is 8. The highest BCUT2D eigenvalue weighted by Crippen LogP contribution is 2.28. The van der Waals surface area contributed by atoms with Gasteiger partial charge in [0, 0.05) is 24.5 Å². The van der Waals surface area contributed by atoms with Gasteiger partial charge in [0.1, 0.15) is 0 Å². The molecule has 0 saturated heterocycles. The van der Waals surface area contributed by atoms with Crippen LogP contribution in [0.4, 0.5) is 11.4 Å². The summed E-state index contributed by atoms with van der Waals surface area (Å²) in [5.74, 6) is 0. The summed E-state index contributed by atoms with van der Waals surface area (Å²) in [5, 5.41) is 0. The topological polar surface area (TPSA) is 49.4 Å². The maximum absolute atomic E-state index is 12.6. The van der Waals surface area contributed by atoms with Crippen molar-refractivity contribution in [1.29, 1.82) is 0 Å². The minimum Gasteiger partial charge on any atom is -0.372 e. The number of hydrogen-bond acceptors (Lipinski definition) is 3. The van der Waals surface area contributed by atoms with E-state index in [-0.39, 0.29) is 10.3 Å². The van der Waals surface area contributed by atoms with Gasteiger partial charge in [-0.05, 0) is 67.6 Å². The predicted octanol–water partition coefficient (Wildman–Crippen LogP) is 5.02. The molecule has 0 amide bonds. The fraction of sp³-hybridized carbons (Fsp3) is 0.429. The van der Waals surface area contributed by atoms with E-state index in [1.54, 1.807) is 24.3 Å². The van der Waals surface area contributed by atoms with Gasteiger partial charge in [0.15, 0.2) is 0 Å². The Morgan fingerprint density at radius 2 is 1.42 bits per heavy atom. The van der Waals surface area contributed by atoms with Crippen molar-refractivity contribution < 1.29 is 8.42 Å². The molecular weight excluding hydrogens is 344 g/mol. The molecule has 0 fully saturated rings. The second-order valence-electron chi connectivity index (χ2n) is 7.09.